The highest BCUT2D eigenvalue weighted by atomic mass is 16.5. The van der Waals surface area contributed by atoms with Gasteiger partial charge in [0.05, 0.1) is 7.11 Å². The van der Waals surface area contributed by atoms with Crippen molar-refractivity contribution in [3.63, 3.8) is 0 Å². The van der Waals surface area contributed by atoms with Gasteiger partial charge in [-0.1, -0.05) is 0 Å². The summed E-state index contributed by atoms with van der Waals surface area (Å²) in [6, 6.07) is 3.28. The van der Waals surface area contributed by atoms with Gasteiger partial charge in [0.25, 0.3) is 0 Å². The molecule has 3 heteroatoms. The monoisotopic (exact) mass is 208 g/mol. The summed E-state index contributed by atoms with van der Waals surface area (Å²) >= 11 is 0. The lowest BCUT2D eigenvalue weighted by atomic mass is 9.93. The van der Waals surface area contributed by atoms with Gasteiger partial charge in [-0.2, -0.15) is 0 Å². The molecule has 1 N–H and O–H groups in total. The largest absolute Gasteiger partial charge is 0.508 e. The number of phenols is 1. The molecule has 1 aromatic carbocycles. The van der Waals surface area contributed by atoms with Crippen LogP contribution < -0.4 is 9.47 Å². The number of benzene rings is 1. The van der Waals surface area contributed by atoms with Gasteiger partial charge in [0.1, 0.15) is 22.8 Å². The molecule has 15 heavy (non-hydrogen) atoms. The highest BCUT2D eigenvalue weighted by Crippen LogP contribution is 2.40. The van der Waals surface area contributed by atoms with Gasteiger partial charge in [-0.05, 0) is 26.7 Å². The minimum absolute atomic E-state index is 0.161. The molecule has 0 aliphatic carbocycles. The van der Waals surface area contributed by atoms with Crippen molar-refractivity contribution in [2.24, 2.45) is 0 Å². The smallest absolute Gasteiger partial charge is 0.130 e. The molecule has 0 aromatic heterocycles. The first-order chi connectivity index (χ1) is 7.02. The van der Waals surface area contributed by atoms with Gasteiger partial charge in [-0.25, -0.2) is 0 Å². The number of rotatable bonds is 1. The number of fused-ring (bicyclic) bond motifs is 1. The van der Waals surface area contributed by atoms with Gasteiger partial charge in [-0.3, -0.25) is 0 Å². The predicted octanol–water partition coefficient (Wildman–Crippen LogP) is 2.50. The molecule has 0 amide bonds. The molecule has 1 aromatic rings. The summed E-state index contributed by atoms with van der Waals surface area (Å²) in [4.78, 5) is 0. The second kappa shape index (κ2) is 3.33. The minimum atomic E-state index is -0.161. The molecule has 0 radical (unpaired) electrons. The zero-order valence-corrected chi connectivity index (χ0v) is 9.33. The molecule has 0 unspecified atom stereocenters. The fourth-order valence-electron chi connectivity index (χ4n) is 1.90. The van der Waals surface area contributed by atoms with Crippen LogP contribution in [0.2, 0.25) is 0 Å². The zero-order chi connectivity index (χ0) is 11.1. The average Bonchev–Trinajstić information content (AvgIpc) is 2.14. The van der Waals surface area contributed by atoms with Crippen LogP contribution in [0.5, 0.6) is 17.2 Å². The van der Waals surface area contributed by atoms with Crippen LogP contribution in [-0.2, 0) is 6.42 Å². The van der Waals surface area contributed by atoms with E-state index in [1.54, 1.807) is 19.2 Å². The van der Waals surface area contributed by atoms with Crippen LogP contribution in [0.15, 0.2) is 12.1 Å². The standard InChI is InChI=1S/C12H16O3/c1-12(2)5-4-9-10(14-3)6-8(13)7-11(9)15-12/h6-7,13H,4-5H2,1-3H3. The minimum Gasteiger partial charge on any atom is -0.508 e. The zero-order valence-electron chi connectivity index (χ0n) is 9.33. The Kier molecular flexibility index (Phi) is 2.25. The Balaban J connectivity index is 2.47. The first-order valence-electron chi connectivity index (χ1n) is 5.11. The molecule has 1 aliphatic rings. The second-order valence-electron chi connectivity index (χ2n) is 4.49. The van der Waals surface area contributed by atoms with Crippen LogP contribution in [0.25, 0.3) is 0 Å². The van der Waals surface area contributed by atoms with Crippen LogP contribution >= 0.6 is 0 Å². The number of methoxy groups -OCH3 is 1. The van der Waals surface area contributed by atoms with E-state index in [9.17, 15) is 5.11 Å². The van der Waals surface area contributed by atoms with Gasteiger partial charge < -0.3 is 14.6 Å². The van der Waals surface area contributed by atoms with Crippen molar-refractivity contribution >= 4 is 0 Å². The maximum atomic E-state index is 9.51. The van der Waals surface area contributed by atoms with E-state index in [0.29, 0.717) is 5.75 Å². The molecular formula is C12H16O3. The van der Waals surface area contributed by atoms with E-state index in [4.69, 9.17) is 9.47 Å². The van der Waals surface area contributed by atoms with Crippen molar-refractivity contribution in [3.05, 3.63) is 17.7 Å². The Bertz CT molecular complexity index is 383. The Morgan fingerprint density at radius 1 is 1.40 bits per heavy atom. The number of aromatic hydroxyl groups is 1. The lowest BCUT2D eigenvalue weighted by Crippen LogP contribution is -2.32. The molecule has 0 fully saturated rings. The first kappa shape index (κ1) is 10.1. The fourth-order valence-corrected chi connectivity index (χ4v) is 1.90. The molecule has 82 valence electrons. The summed E-state index contributed by atoms with van der Waals surface area (Å²) < 4.78 is 11.0. The van der Waals surface area contributed by atoms with Gasteiger partial charge >= 0.3 is 0 Å². The topological polar surface area (TPSA) is 38.7 Å². The molecule has 1 heterocycles. The molecular weight excluding hydrogens is 192 g/mol. The molecule has 3 nitrogen and oxygen atoms in total. The molecule has 0 saturated heterocycles. The van der Waals surface area contributed by atoms with Crippen LogP contribution in [0.4, 0.5) is 0 Å². The van der Waals surface area contributed by atoms with Crippen LogP contribution in [0.1, 0.15) is 25.8 Å². The molecule has 1 aliphatic heterocycles. The van der Waals surface area contributed by atoms with Gasteiger partial charge in [0, 0.05) is 17.7 Å². The van der Waals surface area contributed by atoms with E-state index < -0.39 is 0 Å². The summed E-state index contributed by atoms with van der Waals surface area (Å²) in [5.74, 6) is 1.63. The van der Waals surface area contributed by atoms with Crippen molar-refractivity contribution in [1.82, 2.24) is 0 Å². The summed E-state index contributed by atoms with van der Waals surface area (Å²) in [5, 5.41) is 9.51. The Morgan fingerprint density at radius 3 is 2.80 bits per heavy atom. The lowest BCUT2D eigenvalue weighted by molar-refractivity contribution is 0.0833. The lowest BCUT2D eigenvalue weighted by Gasteiger charge is -2.33. The van der Waals surface area contributed by atoms with Crippen molar-refractivity contribution < 1.29 is 14.6 Å². The number of phenolic OH excluding ortho intramolecular Hbond substituents is 1. The van der Waals surface area contributed by atoms with Crippen LogP contribution in [-0.4, -0.2) is 17.8 Å². The third-order valence-electron chi connectivity index (χ3n) is 2.74. The van der Waals surface area contributed by atoms with E-state index in [0.717, 1.165) is 24.2 Å². The van der Waals surface area contributed by atoms with Crippen LogP contribution in [0, 0.1) is 0 Å². The Hall–Kier alpha value is -1.38. The van der Waals surface area contributed by atoms with E-state index in [-0.39, 0.29) is 11.4 Å². The quantitative estimate of drug-likeness (QED) is 0.770. The first-order valence-corrected chi connectivity index (χ1v) is 5.11. The third kappa shape index (κ3) is 1.87. The molecule has 0 bridgehead atoms. The van der Waals surface area contributed by atoms with Gasteiger partial charge in [0.2, 0.25) is 0 Å². The normalized spacial score (nSPS) is 17.8. The SMILES string of the molecule is COc1cc(O)cc2c1CCC(C)(C)O2. The van der Waals surface area contributed by atoms with Crippen molar-refractivity contribution in [2.45, 2.75) is 32.3 Å². The Morgan fingerprint density at radius 2 is 2.13 bits per heavy atom. The number of ether oxygens (including phenoxy) is 2. The molecule has 0 spiro atoms. The van der Waals surface area contributed by atoms with E-state index >= 15 is 0 Å². The highest BCUT2D eigenvalue weighted by molar-refractivity contribution is 5.51. The summed E-state index contributed by atoms with van der Waals surface area (Å²) in [6.07, 6.45) is 1.88. The number of hydrogen-bond donors (Lipinski definition) is 1. The van der Waals surface area contributed by atoms with Gasteiger partial charge in [-0.15, -0.1) is 0 Å². The highest BCUT2D eigenvalue weighted by Gasteiger charge is 2.28. The van der Waals surface area contributed by atoms with E-state index in [2.05, 4.69) is 0 Å². The maximum Gasteiger partial charge on any atom is 0.130 e. The van der Waals surface area contributed by atoms with Gasteiger partial charge in [0.15, 0.2) is 0 Å². The van der Waals surface area contributed by atoms with Crippen molar-refractivity contribution in [1.29, 1.82) is 0 Å². The average molecular weight is 208 g/mol. The Labute approximate surface area is 89.6 Å². The maximum absolute atomic E-state index is 9.51. The molecule has 0 saturated carbocycles. The van der Waals surface area contributed by atoms with E-state index in [1.165, 1.54) is 0 Å². The van der Waals surface area contributed by atoms with Crippen molar-refractivity contribution in [2.75, 3.05) is 7.11 Å². The summed E-state index contributed by atoms with van der Waals surface area (Å²) in [5.41, 5.74) is 0.890. The third-order valence-corrected chi connectivity index (χ3v) is 2.74. The van der Waals surface area contributed by atoms with Crippen molar-refractivity contribution in [3.8, 4) is 17.2 Å². The summed E-state index contributed by atoms with van der Waals surface area (Å²) in [6.45, 7) is 4.10. The summed E-state index contributed by atoms with van der Waals surface area (Å²) in [7, 11) is 1.61. The second-order valence-corrected chi connectivity index (χ2v) is 4.49. The fraction of sp³-hybridized carbons (Fsp3) is 0.500. The van der Waals surface area contributed by atoms with Crippen LogP contribution in [0.3, 0.4) is 0 Å². The molecule has 0 atom stereocenters. The number of hydrogen-bond acceptors (Lipinski definition) is 3. The predicted molar refractivity (Wildman–Crippen MR) is 57.7 cm³/mol. The molecule has 2 rings (SSSR count). The van der Waals surface area contributed by atoms with E-state index in [1.807, 2.05) is 13.8 Å².